The number of halogens is 6. The van der Waals surface area contributed by atoms with Crippen LogP contribution in [0.5, 0.6) is 11.5 Å². The van der Waals surface area contributed by atoms with Crippen LogP contribution in [0.4, 0.5) is 22.0 Å². The van der Waals surface area contributed by atoms with E-state index in [0.29, 0.717) is 16.7 Å². The van der Waals surface area contributed by atoms with Crippen LogP contribution in [0.25, 0.3) is 22.2 Å². The largest absolute Gasteiger partial charge is 0.494 e. The molecule has 14 heteroatoms. The number of methoxy groups -OCH3 is 1. The zero-order valence-corrected chi connectivity index (χ0v) is 24.6. The average molecular weight is 639 g/mol. The normalized spacial score (nSPS) is 15.3. The van der Waals surface area contributed by atoms with Crippen molar-refractivity contribution in [3.63, 3.8) is 0 Å². The van der Waals surface area contributed by atoms with Crippen molar-refractivity contribution in [2.45, 2.75) is 50.9 Å². The number of amides is 1. The summed E-state index contributed by atoms with van der Waals surface area (Å²) in [5.41, 5.74) is -4.23. The molecule has 1 aliphatic carbocycles. The number of ether oxygens (including phenoxy) is 2. The molecule has 5 rings (SSSR count). The molecule has 4 aromatic rings. The maximum Gasteiger partial charge on any atom is 0.333 e. The van der Waals surface area contributed by atoms with Crippen molar-refractivity contribution in [2.24, 2.45) is 0 Å². The molecule has 0 saturated heterocycles. The van der Waals surface area contributed by atoms with Gasteiger partial charge in [0, 0.05) is 22.7 Å². The number of alkyl halides is 3. The van der Waals surface area contributed by atoms with Gasteiger partial charge >= 0.3 is 6.55 Å². The number of carbonyl (C=O) groups excluding carboxylic acids is 1. The molecule has 1 fully saturated rings. The Balaban J connectivity index is 1.56. The van der Waals surface area contributed by atoms with Gasteiger partial charge in [0.2, 0.25) is 0 Å². The highest BCUT2D eigenvalue weighted by Gasteiger charge is 2.62. The van der Waals surface area contributed by atoms with Crippen molar-refractivity contribution < 1.29 is 41.3 Å². The summed E-state index contributed by atoms with van der Waals surface area (Å²) in [4.78, 5) is 17.8. The Kier molecular flexibility index (Phi) is 8.47. The lowest BCUT2D eigenvalue weighted by molar-refractivity contribution is -0.0566. The van der Waals surface area contributed by atoms with Gasteiger partial charge in [-0.05, 0) is 62.1 Å². The number of pyridine rings is 1. The van der Waals surface area contributed by atoms with E-state index in [1.165, 1.54) is 31.4 Å². The Hall–Kier alpha value is -3.97. The van der Waals surface area contributed by atoms with E-state index < -0.39 is 46.9 Å². The molecule has 2 aromatic carbocycles. The molecule has 44 heavy (non-hydrogen) atoms. The number of nitrogens with one attached hydrogen (secondary N) is 1. The summed E-state index contributed by atoms with van der Waals surface area (Å²) in [6.45, 7) is 0.107. The van der Waals surface area contributed by atoms with Gasteiger partial charge in [-0.3, -0.25) is 4.79 Å². The number of aliphatic hydroxyl groups is 1. The van der Waals surface area contributed by atoms with Gasteiger partial charge in [0.1, 0.15) is 28.4 Å². The topological polar surface area (TPSA) is 98.5 Å². The molecule has 1 saturated carbocycles. The number of hydrogen-bond acceptors (Lipinski definition) is 6. The Morgan fingerprint density at radius 1 is 1.23 bits per heavy atom. The third kappa shape index (κ3) is 5.43. The van der Waals surface area contributed by atoms with Gasteiger partial charge < -0.3 is 19.9 Å². The maximum atomic E-state index is 16.0. The molecule has 1 atom stereocenters. The maximum absolute atomic E-state index is 16.0. The second-order valence-electron chi connectivity index (χ2n) is 10.4. The molecule has 0 unspecified atom stereocenters. The zero-order valence-electron chi connectivity index (χ0n) is 23.9. The number of benzene rings is 2. The van der Waals surface area contributed by atoms with Crippen molar-refractivity contribution in [3.8, 4) is 22.8 Å². The van der Waals surface area contributed by atoms with E-state index in [9.17, 15) is 27.5 Å². The fourth-order valence-electron chi connectivity index (χ4n) is 5.08. The molecule has 0 aliphatic heterocycles. The summed E-state index contributed by atoms with van der Waals surface area (Å²) >= 11 is 6.16. The SMILES string of the molecule is CCOc1c(CC)cc([C@@](O)(CNC(=O)c2cc(OC)c3nn(C(F)F)cc3c2)C2(F)CC2)nc1-c1ccc(F)c(F)c1Cl. The van der Waals surface area contributed by atoms with Crippen LogP contribution in [-0.4, -0.2) is 51.7 Å². The number of rotatable bonds is 11. The molecular formula is C30H28ClF5N4O4. The first-order chi connectivity index (χ1) is 20.9. The van der Waals surface area contributed by atoms with Gasteiger partial charge in [-0.2, -0.15) is 13.9 Å². The predicted molar refractivity (Wildman–Crippen MR) is 152 cm³/mol. The van der Waals surface area contributed by atoms with Crippen LogP contribution in [0, 0.1) is 11.6 Å². The van der Waals surface area contributed by atoms with E-state index in [4.69, 9.17) is 21.1 Å². The Bertz CT molecular complexity index is 1750. The van der Waals surface area contributed by atoms with Gasteiger partial charge in [-0.1, -0.05) is 18.5 Å². The van der Waals surface area contributed by atoms with Gasteiger partial charge in [0.15, 0.2) is 17.2 Å². The first kappa shape index (κ1) is 31.5. The lowest BCUT2D eigenvalue weighted by Crippen LogP contribution is -2.49. The lowest BCUT2D eigenvalue weighted by Gasteiger charge is -2.33. The van der Waals surface area contributed by atoms with Crippen molar-refractivity contribution in [3.05, 3.63) is 70.0 Å². The van der Waals surface area contributed by atoms with Crippen LogP contribution < -0.4 is 14.8 Å². The summed E-state index contributed by atoms with van der Waals surface area (Å²) in [6, 6.07) is 6.12. The number of nitrogens with zero attached hydrogens (tertiary/aromatic N) is 3. The van der Waals surface area contributed by atoms with Crippen LogP contribution in [0.3, 0.4) is 0 Å². The minimum atomic E-state index is -2.92. The van der Waals surface area contributed by atoms with E-state index in [1.807, 2.05) is 0 Å². The quantitative estimate of drug-likeness (QED) is 0.144. The molecular weight excluding hydrogens is 611 g/mol. The fraction of sp³-hybridized carbons (Fsp3) is 0.367. The fourth-order valence-corrected chi connectivity index (χ4v) is 5.32. The summed E-state index contributed by atoms with van der Waals surface area (Å²) in [7, 11) is 1.29. The zero-order chi connectivity index (χ0) is 32.0. The molecule has 8 nitrogen and oxygen atoms in total. The third-order valence-corrected chi connectivity index (χ3v) is 8.01. The van der Waals surface area contributed by atoms with Crippen molar-refractivity contribution >= 4 is 28.4 Å². The summed E-state index contributed by atoms with van der Waals surface area (Å²) in [6.07, 6.45) is 1.30. The number of hydrogen-bond donors (Lipinski definition) is 2. The van der Waals surface area contributed by atoms with Crippen LogP contribution in [0.2, 0.25) is 5.02 Å². The molecule has 0 spiro atoms. The molecule has 0 bridgehead atoms. The highest BCUT2D eigenvalue weighted by Crippen LogP contribution is 2.54. The second kappa shape index (κ2) is 11.8. The second-order valence-corrected chi connectivity index (χ2v) is 10.7. The molecule has 2 N–H and O–H groups in total. The van der Waals surface area contributed by atoms with Crippen LogP contribution >= 0.6 is 11.6 Å². The number of aryl methyl sites for hydroxylation is 1. The standard InChI is InChI=1S/C30H28ClF5N4O4/c1-4-15-12-21(38-25(26(15)44-5-2)18-6-7-19(32)23(33)22(18)31)30(42,29(36)8-9-29)14-37-27(41)16-10-17-13-40(28(34)35)39-24(17)20(11-16)43-3/h6-7,10-13,28,42H,4-5,8-9,14H2,1-3H3,(H,37,41)/t30-/m0/s1. The van der Waals surface area contributed by atoms with Crippen LogP contribution in [0.1, 0.15) is 54.9 Å². The molecule has 234 valence electrons. The first-order valence-electron chi connectivity index (χ1n) is 13.7. The lowest BCUT2D eigenvalue weighted by atomic mass is 9.88. The summed E-state index contributed by atoms with van der Waals surface area (Å²) in [5, 5.41) is 17.8. The smallest absolute Gasteiger partial charge is 0.333 e. The first-order valence-corrected chi connectivity index (χ1v) is 14.1. The van der Waals surface area contributed by atoms with Crippen LogP contribution in [-0.2, 0) is 12.0 Å². The van der Waals surface area contributed by atoms with E-state index in [-0.39, 0.29) is 64.4 Å². The number of fused-ring (bicyclic) bond motifs is 1. The summed E-state index contributed by atoms with van der Waals surface area (Å²) < 4.78 is 82.3. The Morgan fingerprint density at radius 3 is 2.57 bits per heavy atom. The van der Waals surface area contributed by atoms with E-state index in [1.54, 1.807) is 13.8 Å². The van der Waals surface area contributed by atoms with Crippen molar-refractivity contribution in [2.75, 3.05) is 20.3 Å². The Morgan fingerprint density at radius 2 is 1.95 bits per heavy atom. The third-order valence-electron chi connectivity index (χ3n) is 7.64. The summed E-state index contributed by atoms with van der Waals surface area (Å²) in [5.74, 6) is -3.00. The van der Waals surface area contributed by atoms with Crippen molar-refractivity contribution in [1.29, 1.82) is 0 Å². The average Bonchev–Trinajstić information content (AvgIpc) is 3.62. The van der Waals surface area contributed by atoms with E-state index in [0.717, 1.165) is 12.3 Å². The number of aromatic nitrogens is 3. The highest BCUT2D eigenvalue weighted by molar-refractivity contribution is 6.33. The number of carbonyl (C=O) groups is 1. The molecule has 1 aliphatic rings. The van der Waals surface area contributed by atoms with Gasteiger partial charge in [0.05, 0.1) is 31.0 Å². The molecule has 2 aromatic heterocycles. The van der Waals surface area contributed by atoms with Crippen molar-refractivity contribution in [1.82, 2.24) is 20.1 Å². The van der Waals surface area contributed by atoms with Gasteiger partial charge in [0.25, 0.3) is 5.91 Å². The molecule has 1 amide bonds. The Labute approximate surface area is 253 Å². The predicted octanol–water partition coefficient (Wildman–Crippen LogP) is 6.51. The molecule has 0 radical (unpaired) electrons. The highest BCUT2D eigenvalue weighted by atomic mass is 35.5. The minimum Gasteiger partial charge on any atom is -0.494 e. The van der Waals surface area contributed by atoms with Gasteiger partial charge in [-0.15, -0.1) is 0 Å². The molecule has 2 heterocycles. The van der Waals surface area contributed by atoms with E-state index in [2.05, 4.69) is 15.4 Å². The van der Waals surface area contributed by atoms with Crippen LogP contribution in [0.15, 0.2) is 36.5 Å². The van der Waals surface area contributed by atoms with E-state index >= 15 is 4.39 Å². The monoisotopic (exact) mass is 638 g/mol. The van der Waals surface area contributed by atoms with Gasteiger partial charge in [-0.25, -0.2) is 22.8 Å². The minimum absolute atomic E-state index is 0.0163.